The predicted molar refractivity (Wildman–Crippen MR) is 40.7 cm³/mol. The number of para-hydroxylation sites is 2. The monoisotopic (exact) mass is 199 g/mol. The van der Waals surface area contributed by atoms with E-state index in [-0.39, 0.29) is 11.5 Å². The zero-order valence-corrected chi connectivity index (χ0v) is 7.19. The van der Waals surface area contributed by atoms with Crippen LogP contribution in [-0.2, 0) is 4.57 Å². The van der Waals surface area contributed by atoms with Crippen molar-refractivity contribution in [2.24, 2.45) is 0 Å². The Bertz CT molecular complexity index is 413. The molecule has 0 saturated carbocycles. The summed E-state index contributed by atoms with van der Waals surface area (Å²) in [5, 5.41) is 0. The molecule has 1 unspecified atom stereocenters. The molecule has 1 aromatic rings. The molecule has 0 saturated heterocycles. The second kappa shape index (κ2) is 2.58. The fourth-order valence-electron chi connectivity index (χ4n) is 0.927. The minimum absolute atomic E-state index is 0.0421. The van der Waals surface area contributed by atoms with Crippen molar-refractivity contribution in [3.05, 3.63) is 24.3 Å². The van der Waals surface area contributed by atoms with Gasteiger partial charge >= 0.3 is 5.71 Å². The molecule has 1 heterocycles. The van der Waals surface area contributed by atoms with Gasteiger partial charge in [-0.2, -0.15) is 0 Å². The summed E-state index contributed by atoms with van der Waals surface area (Å²) in [7, 11) is -4.52. The maximum atomic E-state index is 10.9. The topological polar surface area (TPSA) is 75.7 Å². The van der Waals surface area contributed by atoms with Gasteiger partial charge in [-0.1, -0.05) is 12.1 Å². The van der Waals surface area contributed by atoms with Gasteiger partial charge < -0.3 is 14.2 Å². The van der Waals surface area contributed by atoms with Crippen LogP contribution in [0.4, 0.5) is 4.79 Å². The average molecular weight is 199 g/mol. The van der Waals surface area contributed by atoms with E-state index in [4.69, 9.17) is 0 Å². The second-order valence-electron chi connectivity index (χ2n) is 2.40. The summed E-state index contributed by atoms with van der Waals surface area (Å²) in [6.45, 7) is 0. The van der Waals surface area contributed by atoms with Gasteiger partial charge in [0, 0.05) is 0 Å². The van der Waals surface area contributed by atoms with Gasteiger partial charge in [-0.25, -0.2) is 4.79 Å². The quantitative estimate of drug-likeness (QED) is 0.585. The lowest BCUT2D eigenvalue weighted by molar-refractivity contribution is -0.188. The highest BCUT2D eigenvalue weighted by molar-refractivity contribution is 7.69. The molecule has 0 radical (unpaired) electrons. The normalized spacial score (nSPS) is 25.8. The first kappa shape index (κ1) is 8.29. The first-order chi connectivity index (χ1) is 6.09. The van der Waals surface area contributed by atoms with Crippen molar-refractivity contribution >= 4 is 13.3 Å². The minimum Gasteiger partial charge on any atom is -0.761 e. The van der Waals surface area contributed by atoms with Gasteiger partial charge in [-0.15, -0.1) is 0 Å². The van der Waals surface area contributed by atoms with Crippen molar-refractivity contribution in [2.75, 3.05) is 0 Å². The number of hydrogen-bond acceptors (Lipinski definition) is 5. The van der Waals surface area contributed by atoms with Crippen LogP contribution in [0.15, 0.2) is 24.3 Å². The lowest BCUT2D eigenvalue weighted by atomic mass is 10.3. The maximum Gasteiger partial charge on any atom is 0.394 e. The third-order valence-electron chi connectivity index (χ3n) is 1.49. The number of rotatable bonds is 0. The SMILES string of the molecule is O=C1Oc2ccccc2OP1(=O)[O-]. The maximum absolute atomic E-state index is 10.9. The molecule has 1 atom stereocenters. The fourth-order valence-corrected chi connectivity index (χ4v) is 1.62. The molecule has 68 valence electrons. The van der Waals surface area contributed by atoms with E-state index in [0.717, 1.165) is 0 Å². The molecule has 1 aliphatic rings. The number of carbonyl (C=O) groups is 1. The molecule has 6 heteroatoms. The van der Waals surface area contributed by atoms with Crippen LogP contribution in [0.3, 0.4) is 0 Å². The molecule has 0 N–H and O–H groups in total. The van der Waals surface area contributed by atoms with Crippen LogP contribution in [0, 0.1) is 0 Å². The third kappa shape index (κ3) is 1.32. The molecule has 1 aromatic carbocycles. The molecule has 1 aliphatic heterocycles. The van der Waals surface area contributed by atoms with Gasteiger partial charge in [0.1, 0.15) is 0 Å². The summed E-state index contributed by atoms with van der Waals surface area (Å²) in [4.78, 5) is 21.6. The van der Waals surface area contributed by atoms with Crippen molar-refractivity contribution in [2.45, 2.75) is 0 Å². The standard InChI is InChI=1S/C7H5O5P/c8-7-11-5-3-1-2-4-6(5)12-13(7,9)10/h1-4H,(H,9,10)/p-1. The Morgan fingerprint density at radius 3 is 2.54 bits per heavy atom. The Morgan fingerprint density at radius 2 is 1.85 bits per heavy atom. The highest BCUT2D eigenvalue weighted by Crippen LogP contribution is 2.48. The van der Waals surface area contributed by atoms with Crippen LogP contribution < -0.4 is 14.2 Å². The lowest BCUT2D eigenvalue weighted by Gasteiger charge is -2.27. The first-order valence-corrected chi connectivity index (χ1v) is 4.96. The van der Waals surface area contributed by atoms with E-state index in [1.54, 1.807) is 12.1 Å². The zero-order valence-electron chi connectivity index (χ0n) is 6.30. The van der Waals surface area contributed by atoms with Crippen LogP contribution in [0.5, 0.6) is 11.5 Å². The van der Waals surface area contributed by atoms with E-state index < -0.39 is 13.3 Å². The second-order valence-corrected chi connectivity index (χ2v) is 3.95. The van der Waals surface area contributed by atoms with Crippen LogP contribution in [0.25, 0.3) is 0 Å². The largest absolute Gasteiger partial charge is 0.761 e. The minimum atomic E-state index is -4.52. The Hall–Kier alpha value is -1.32. The summed E-state index contributed by atoms with van der Waals surface area (Å²) in [5.74, 6) is 0.162. The van der Waals surface area contributed by atoms with Crippen LogP contribution in [0.2, 0.25) is 0 Å². The van der Waals surface area contributed by atoms with E-state index in [9.17, 15) is 14.3 Å². The van der Waals surface area contributed by atoms with Crippen molar-refractivity contribution < 1.29 is 23.5 Å². The van der Waals surface area contributed by atoms with Crippen molar-refractivity contribution in [3.63, 3.8) is 0 Å². The van der Waals surface area contributed by atoms with Crippen LogP contribution in [-0.4, -0.2) is 5.71 Å². The van der Waals surface area contributed by atoms with E-state index in [0.29, 0.717) is 0 Å². The Kier molecular flexibility index (Phi) is 1.65. The van der Waals surface area contributed by atoms with Gasteiger partial charge in [0.15, 0.2) is 11.5 Å². The molecular weight excluding hydrogens is 195 g/mol. The first-order valence-electron chi connectivity index (χ1n) is 3.42. The molecule has 0 spiro atoms. The summed E-state index contributed by atoms with van der Waals surface area (Å²) in [6.07, 6.45) is 0. The van der Waals surface area contributed by atoms with Gasteiger partial charge in [-0.3, -0.25) is 4.57 Å². The van der Waals surface area contributed by atoms with Gasteiger partial charge in [0.25, 0.3) is 7.60 Å². The van der Waals surface area contributed by atoms with Crippen LogP contribution >= 0.6 is 7.60 Å². The van der Waals surface area contributed by atoms with E-state index in [1.165, 1.54) is 12.1 Å². The smallest absolute Gasteiger partial charge is 0.394 e. The summed E-state index contributed by atoms with van der Waals surface area (Å²) in [5.41, 5.74) is -1.36. The highest BCUT2D eigenvalue weighted by Gasteiger charge is 2.31. The molecule has 2 rings (SSSR count). The van der Waals surface area contributed by atoms with Gasteiger partial charge in [0.2, 0.25) is 0 Å². The van der Waals surface area contributed by atoms with Gasteiger partial charge in [-0.05, 0) is 12.1 Å². The molecule has 0 aromatic heterocycles. The Morgan fingerprint density at radius 1 is 1.23 bits per heavy atom. The molecule has 0 amide bonds. The number of ether oxygens (including phenoxy) is 1. The third-order valence-corrected chi connectivity index (χ3v) is 2.46. The number of benzene rings is 1. The molecule has 0 aliphatic carbocycles. The Balaban J connectivity index is 2.50. The number of hydrogen-bond donors (Lipinski definition) is 0. The van der Waals surface area contributed by atoms with E-state index in [2.05, 4.69) is 9.26 Å². The zero-order chi connectivity index (χ0) is 9.47. The van der Waals surface area contributed by atoms with Gasteiger partial charge in [0.05, 0.1) is 0 Å². The summed E-state index contributed by atoms with van der Waals surface area (Å²) < 4.78 is 19.8. The summed E-state index contributed by atoms with van der Waals surface area (Å²) >= 11 is 0. The highest BCUT2D eigenvalue weighted by atomic mass is 31.2. The molecular formula is C7H4O5P-. The summed E-state index contributed by atoms with van der Waals surface area (Å²) in [6, 6.07) is 6.05. The van der Waals surface area contributed by atoms with Crippen molar-refractivity contribution in [1.29, 1.82) is 0 Å². The molecule has 0 fully saturated rings. The van der Waals surface area contributed by atoms with Crippen molar-refractivity contribution in [1.82, 2.24) is 0 Å². The molecule has 0 bridgehead atoms. The lowest BCUT2D eigenvalue weighted by Crippen LogP contribution is -2.23. The van der Waals surface area contributed by atoms with Crippen molar-refractivity contribution in [3.8, 4) is 11.5 Å². The number of fused-ring (bicyclic) bond motifs is 1. The van der Waals surface area contributed by atoms with E-state index >= 15 is 0 Å². The predicted octanol–water partition coefficient (Wildman–Crippen LogP) is 1.13. The van der Waals surface area contributed by atoms with E-state index in [1.807, 2.05) is 0 Å². The number of carbonyl (C=O) groups excluding carboxylic acids is 1. The van der Waals surface area contributed by atoms with Crippen LogP contribution in [0.1, 0.15) is 0 Å². The average Bonchev–Trinajstić information content (AvgIpc) is 2.06. The molecule has 13 heavy (non-hydrogen) atoms. The fraction of sp³-hybridized carbons (Fsp3) is 0. The Labute approximate surface area is 73.4 Å². The molecule has 5 nitrogen and oxygen atoms in total.